The van der Waals surface area contributed by atoms with Crippen LogP contribution in [-0.4, -0.2) is 31.6 Å². The lowest BCUT2D eigenvalue weighted by Crippen LogP contribution is -2.38. The quantitative estimate of drug-likeness (QED) is 0.822. The summed E-state index contributed by atoms with van der Waals surface area (Å²) in [6.45, 7) is 2.86. The number of benzene rings is 2. The van der Waals surface area contributed by atoms with Crippen LogP contribution in [0, 0.1) is 0 Å². The van der Waals surface area contributed by atoms with Crippen molar-refractivity contribution in [2.75, 3.05) is 19.8 Å². The summed E-state index contributed by atoms with van der Waals surface area (Å²) < 4.78 is 11.2. The number of rotatable bonds is 6. The van der Waals surface area contributed by atoms with Gasteiger partial charge in [-0.25, -0.2) is 0 Å². The summed E-state index contributed by atoms with van der Waals surface area (Å²) in [5.74, 6) is 0.737. The lowest BCUT2D eigenvalue weighted by atomic mass is 10.0. The average molecular weight is 368 g/mol. The van der Waals surface area contributed by atoms with Crippen molar-refractivity contribution in [3.8, 4) is 11.5 Å². The van der Waals surface area contributed by atoms with E-state index >= 15 is 0 Å². The maximum absolute atomic E-state index is 12.4. The first-order valence-corrected chi connectivity index (χ1v) is 9.20. The van der Waals surface area contributed by atoms with Crippen molar-refractivity contribution >= 4 is 11.8 Å². The predicted molar refractivity (Wildman–Crippen MR) is 102 cm³/mol. The minimum absolute atomic E-state index is 0.0984. The minimum Gasteiger partial charge on any atom is -0.493 e. The monoisotopic (exact) mass is 368 g/mol. The Morgan fingerprint density at radius 3 is 2.78 bits per heavy atom. The first kappa shape index (κ1) is 18.8. The first-order chi connectivity index (χ1) is 13.2. The van der Waals surface area contributed by atoms with Crippen LogP contribution in [-0.2, 0) is 4.79 Å². The number of amides is 2. The molecule has 0 saturated carbocycles. The van der Waals surface area contributed by atoms with Gasteiger partial charge in [-0.15, -0.1) is 0 Å². The predicted octanol–water partition coefficient (Wildman–Crippen LogP) is 2.85. The van der Waals surface area contributed by atoms with Crippen LogP contribution in [0.4, 0.5) is 0 Å². The third-order valence-corrected chi connectivity index (χ3v) is 4.37. The lowest BCUT2D eigenvalue weighted by molar-refractivity contribution is -0.120. The third kappa shape index (κ3) is 4.78. The number of hydrogen-bond acceptors (Lipinski definition) is 4. The summed E-state index contributed by atoms with van der Waals surface area (Å²) in [4.78, 5) is 24.8. The normalized spacial score (nSPS) is 15.7. The van der Waals surface area contributed by atoms with Gasteiger partial charge in [0.25, 0.3) is 5.91 Å². The van der Waals surface area contributed by atoms with E-state index in [-0.39, 0.29) is 24.4 Å². The SMILES string of the molecule is CCOc1ccccc1C(=O)NCC(=O)N[C@H]1CCCOc2ccccc21. The highest BCUT2D eigenvalue weighted by Crippen LogP contribution is 2.30. The van der Waals surface area contributed by atoms with E-state index in [1.807, 2.05) is 31.2 Å². The second-order valence-electron chi connectivity index (χ2n) is 6.26. The van der Waals surface area contributed by atoms with E-state index in [4.69, 9.17) is 9.47 Å². The molecule has 0 spiro atoms. The Hall–Kier alpha value is -3.02. The smallest absolute Gasteiger partial charge is 0.255 e. The Balaban J connectivity index is 1.60. The molecule has 0 radical (unpaired) electrons. The van der Waals surface area contributed by atoms with Gasteiger partial charge in [-0.1, -0.05) is 30.3 Å². The number of ether oxygens (including phenoxy) is 2. The van der Waals surface area contributed by atoms with Crippen LogP contribution in [0.25, 0.3) is 0 Å². The van der Waals surface area contributed by atoms with E-state index in [9.17, 15) is 9.59 Å². The van der Waals surface area contributed by atoms with Crippen LogP contribution in [0.2, 0.25) is 0 Å². The fourth-order valence-electron chi connectivity index (χ4n) is 3.11. The van der Waals surface area contributed by atoms with E-state index in [2.05, 4.69) is 10.6 Å². The fraction of sp³-hybridized carbons (Fsp3) is 0.333. The zero-order valence-electron chi connectivity index (χ0n) is 15.4. The molecule has 1 heterocycles. The van der Waals surface area contributed by atoms with Gasteiger partial charge in [-0.3, -0.25) is 9.59 Å². The standard InChI is InChI=1S/C21H24N2O4/c1-2-26-19-12-6-4-9-16(19)21(25)22-14-20(24)23-17-10-7-13-27-18-11-5-3-8-15(17)18/h3-6,8-9,11-12,17H,2,7,10,13-14H2,1H3,(H,22,25)(H,23,24)/t17-/m0/s1. The van der Waals surface area contributed by atoms with Crippen molar-refractivity contribution in [3.05, 3.63) is 59.7 Å². The number of para-hydroxylation sites is 2. The molecule has 0 aliphatic carbocycles. The number of nitrogens with one attached hydrogen (secondary N) is 2. The topological polar surface area (TPSA) is 76.7 Å². The van der Waals surface area contributed by atoms with E-state index in [1.165, 1.54) is 0 Å². The summed E-state index contributed by atoms with van der Waals surface area (Å²) in [5.41, 5.74) is 1.39. The van der Waals surface area contributed by atoms with Crippen molar-refractivity contribution in [2.45, 2.75) is 25.8 Å². The third-order valence-electron chi connectivity index (χ3n) is 4.37. The van der Waals surface area contributed by atoms with Crippen LogP contribution in [0.5, 0.6) is 11.5 Å². The molecule has 6 heteroatoms. The van der Waals surface area contributed by atoms with Gasteiger partial charge in [-0.2, -0.15) is 0 Å². The highest BCUT2D eigenvalue weighted by molar-refractivity contribution is 5.98. The minimum atomic E-state index is -0.334. The van der Waals surface area contributed by atoms with Crippen molar-refractivity contribution in [1.29, 1.82) is 0 Å². The highest BCUT2D eigenvalue weighted by Gasteiger charge is 2.21. The molecule has 1 aliphatic rings. The molecule has 1 aliphatic heterocycles. The van der Waals surface area contributed by atoms with Gasteiger partial charge >= 0.3 is 0 Å². The van der Waals surface area contributed by atoms with E-state index in [0.29, 0.717) is 24.5 Å². The first-order valence-electron chi connectivity index (χ1n) is 9.20. The van der Waals surface area contributed by atoms with Crippen LogP contribution in [0.3, 0.4) is 0 Å². The Bertz CT molecular complexity index is 806. The Morgan fingerprint density at radius 2 is 1.93 bits per heavy atom. The Morgan fingerprint density at radius 1 is 1.15 bits per heavy atom. The maximum atomic E-state index is 12.4. The molecule has 2 aromatic rings. The van der Waals surface area contributed by atoms with Crippen LogP contribution >= 0.6 is 0 Å². The molecule has 6 nitrogen and oxygen atoms in total. The number of carbonyl (C=O) groups is 2. The van der Waals surface area contributed by atoms with Crippen molar-refractivity contribution < 1.29 is 19.1 Å². The van der Waals surface area contributed by atoms with Crippen molar-refractivity contribution in [3.63, 3.8) is 0 Å². The van der Waals surface area contributed by atoms with Gasteiger partial charge in [0.2, 0.25) is 5.91 Å². The average Bonchev–Trinajstić information content (AvgIpc) is 2.89. The molecule has 0 unspecified atom stereocenters. The summed E-state index contributed by atoms with van der Waals surface area (Å²) in [5, 5.41) is 5.66. The van der Waals surface area contributed by atoms with Crippen LogP contribution in [0.15, 0.2) is 48.5 Å². The van der Waals surface area contributed by atoms with Crippen LogP contribution < -0.4 is 20.1 Å². The van der Waals surface area contributed by atoms with E-state index in [0.717, 1.165) is 24.2 Å². The molecule has 1 atom stereocenters. The molecule has 2 N–H and O–H groups in total. The lowest BCUT2D eigenvalue weighted by Gasteiger charge is -2.18. The van der Waals surface area contributed by atoms with Gasteiger partial charge in [-0.05, 0) is 38.0 Å². The molecule has 0 bridgehead atoms. The second kappa shape index (κ2) is 9.07. The van der Waals surface area contributed by atoms with E-state index < -0.39 is 0 Å². The second-order valence-corrected chi connectivity index (χ2v) is 6.26. The largest absolute Gasteiger partial charge is 0.493 e. The van der Waals surface area contributed by atoms with Crippen molar-refractivity contribution in [1.82, 2.24) is 10.6 Å². The molecule has 0 saturated heterocycles. The molecular weight excluding hydrogens is 344 g/mol. The molecule has 3 rings (SSSR count). The zero-order valence-corrected chi connectivity index (χ0v) is 15.4. The van der Waals surface area contributed by atoms with Gasteiger partial charge in [0.1, 0.15) is 11.5 Å². The summed E-state index contributed by atoms with van der Waals surface area (Å²) in [7, 11) is 0. The van der Waals surface area contributed by atoms with Gasteiger partial charge in [0.05, 0.1) is 31.4 Å². The van der Waals surface area contributed by atoms with Gasteiger partial charge < -0.3 is 20.1 Å². The number of carbonyl (C=O) groups excluding carboxylic acids is 2. The van der Waals surface area contributed by atoms with Gasteiger partial charge in [0, 0.05) is 5.56 Å². The maximum Gasteiger partial charge on any atom is 0.255 e. The fourth-order valence-corrected chi connectivity index (χ4v) is 3.11. The summed E-state index contributed by atoms with van der Waals surface area (Å²) in [6.07, 6.45) is 1.65. The summed E-state index contributed by atoms with van der Waals surface area (Å²) >= 11 is 0. The molecule has 2 aromatic carbocycles. The molecule has 2 amide bonds. The Kier molecular flexibility index (Phi) is 6.30. The Labute approximate surface area is 158 Å². The molecule has 142 valence electrons. The number of hydrogen-bond donors (Lipinski definition) is 2. The molecular formula is C21H24N2O4. The molecule has 0 fully saturated rings. The molecule has 0 aromatic heterocycles. The number of fused-ring (bicyclic) bond motifs is 1. The summed E-state index contributed by atoms with van der Waals surface area (Å²) in [6, 6.07) is 14.6. The highest BCUT2D eigenvalue weighted by atomic mass is 16.5. The van der Waals surface area contributed by atoms with Crippen LogP contribution in [0.1, 0.15) is 41.7 Å². The van der Waals surface area contributed by atoms with Gasteiger partial charge in [0.15, 0.2) is 0 Å². The molecule has 27 heavy (non-hydrogen) atoms. The van der Waals surface area contributed by atoms with Crippen molar-refractivity contribution in [2.24, 2.45) is 0 Å². The van der Waals surface area contributed by atoms with E-state index in [1.54, 1.807) is 24.3 Å². The zero-order chi connectivity index (χ0) is 19.1.